The molecule has 1 aromatic carbocycles. The fourth-order valence-electron chi connectivity index (χ4n) is 5.38. The van der Waals surface area contributed by atoms with E-state index < -0.39 is 54.1 Å². The summed E-state index contributed by atoms with van der Waals surface area (Å²) in [4.78, 5) is 34.9. The highest BCUT2D eigenvalue weighted by Crippen LogP contribution is 2.45. The number of morpholine rings is 1. The highest BCUT2D eigenvalue weighted by Gasteiger charge is 2.58. The molecule has 0 spiro atoms. The topological polar surface area (TPSA) is 113 Å². The number of alkyl halides is 2. The molecule has 2 bridgehead atoms. The number of aliphatic imine (C=N–C) groups is 1. The van der Waals surface area contributed by atoms with Gasteiger partial charge >= 0.3 is 11.9 Å². The van der Waals surface area contributed by atoms with Gasteiger partial charge in [-0.3, -0.25) is 14.7 Å². The third kappa shape index (κ3) is 5.28. The maximum absolute atomic E-state index is 15.6. The summed E-state index contributed by atoms with van der Waals surface area (Å²) in [6.45, 7) is -0.316. The van der Waals surface area contributed by atoms with Crippen LogP contribution in [0.1, 0.15) is 29.5 Å². The summed E-state index contributed by atoms with van der Waals surface area (Å²) in [5.41, 5.74) is 0.596. The third-order valence-electron chi connectivity index (χ3n) is 7.19. The lowest BCUT2D eigenvalue weighted by atomic mass is 9.79. The monoisotopic (exact) mass is 584 g/mol. The Morgan fingerprint density at radius 3 is 2.82 bits per heavy atom. The van der Waals surface area contributed by atoms with Gasteiger partial charge in [-0.05, 0) is 18.6 Å². The number of carbonyl (C=O) groups is 2. The van der Waals surface area contributed by atoms with Gasteiger partial charge in [0.15, 0.2) is 10.8 Å². The smallest absolute Gasteiger partial charge is 0.338 e. The van der Waals surface area contributed by atoms with E-state index in [1.54, 1.807) is 16.5 Å². The first-order valence-electron chi connectivity index (χ1n) is 12.0. The molecule has 0 amide bonds. The van der Waals surface area contributed by atoms with Gasteiger partial charge in [-0.1, -0.05) is 17.7 Å². The minimum absolute atomic E-state index is 0.0242. The second kappa shape index (κ2) is 10.9. The zero-order chi connectivity index (χ0) is 27.9. The molecule has 2 unspecified atom stereocenters. The lowest BCUT2D eigenvalue weighted by Crippen LogP contribution is -2.67. The minimum Gasteiger partial charge on any atom is -0.481 e. The van der Waals surface area contributed by atoms with Gasteiger partial charge in [0.25, 0.3) is 5.92 Å². The van der Waals surface area contributed by atoms with Crippen LogP contribution in [-0.4, -0.2) is 77.6 Å². The average molecular weight is 585 g/mol. The molecule has 2 saturated heterocycles. The van der Waals surface area contributed by atoms with Crippen molar-refractivity contribution in [2.75, 3.05) is 26.9 Å². The third-order valence-corrected chi connectivity index (χ3v) is 8.29. The first-order valence-corrected chi connectivity index (χ1v) is 13.3. The van der Waals surface area contributed by atoms with Crippen LogP contribution in [0.15, 0.2) is 46.0 Å². The van der Waals surface area contributed by atoms with Crippen LogP contribution < -0.4 is 5.32 Å². The van der Waals surface area contributed by atoms with Crippen molar-refractivity contribution in [3.05, 3.63) is 62.5 Å². The Morgan fingerprint density at radius 1 is 1.36 bits per heavy atom. The zero-order valence-corrected chi connectivity index (χ0v) is 22.1. The Balaban J connectivity index is 1.59. The van der Waals surface area contributed by atoms with E-state index >= 15 is 8.78 Å². The Kier molecular flexibility index (Phi) is 7.68. The maximum atomic E-state index is 15.6. The van der Waals surface area contributed by atoms with E-state index in [2.05, 4.69) is 15.3 Å². The molecule has 4 atom stereocenters. The number of hydrogen-bond donors (Lipinski definition) is 2. The number of benzene rings is 1. The van der Waals surface area contributed by atoms with E-state index in [0.717, 1.165) is 6.07 Å². The molecule has 3 aliphatic heterocycles. The number of carboxylic acids is 1. The van der Waals surface area contributed by atoms with Crippen molar-refractivity contribution in [1.29, 1.82) is 0 Å². The number of fused-ring (bicyclic) bond motifs is 2. The quantitative estimate of drug-likeness (QED) is 0.474. The highest BCUT2D eigenvalue weighted by atomic mass is 35.5. The standard InChI is InChI=1S/C25H24ClF3N4O5S/c1-37-24(36)20-17(9-33-14-6-12(7-19(34)35)25(28,29)18(33)11-38-10-14)31-22(23-30-4-5-39-23)32-21(20)15-3-2-13(27)8-16(15)26/h2-5,8,12,14,18,21H,6-7,9-11H2,1H3,(H,31,32)(H,34,35)/t12-,14?,18?,21-/m0/s1. The number of carboxylic acid groups (broad SMARTS) is 1. The Hall–Kier alpha value is -3.00. The number of nitrogens with zero attached hydrogens (tertiary/aromatic N) is 3. The number of piperidine rings is 1. The number of hydrogen-bond acceptors (Lipinski definition) is 9. The number of aromatic nitrogens is 1. The predicted octanol–water partition coefficient (Wildman–Crippen LogP) is 3.65. The van der Waals surface area contributed by atoms with Crippen LogP contribution in [0.25, 0.3) is 0 Å². The van der Waals surface area contributed by atoms with Gasteiger partial charge in [-0.15, -0.1) is 11.3 Å². The number of carbonyl (C=O) groups excluding carboxylic acids is 1. The summed E-state index contributed by atoms with van der Waals surface area (Å²) >= 11 is 7.64. The summed E-state index contributed by atoms with van der Waals surface area (Å²) in [5, 5.41) is 14.5. The van der Waals surface area contributed by atoms with Gasteiger partial charge in [-0.25, -0.2) is 22.9 Å². The molecule has 2 fully saturated rings. The summed E-state index contributed by atoms with van der Waals surface area (Å²) in [5.74, 6) is -7.06. The normalized spacial score (nSPS) is 26.5. The molecule has 0 aliphatic carbocycles. The van der Waals surface area contributed by atoms with Gasteiger partial charge in [0.05, 0.1) is 38.4 Å². The van der Waals surface area contributed by atoms with Crippen LogP contribution >= 0.6 is 22.9 Å². The number of nitrogens with one attached hydrogen (secondary N) is 1. The van der Waals surface area contributed by atoms with Gasteiger partial charge in [-0.2, -0.15) is 0 Å². The molecule has 2 N–H and O–H groups in total. The van der Waals surface area contributed by atoms with E-state index in [1.165, 1.54) is 30.6 Å². The number of halogens is 4. The SMILES string of the molecule is COC(=O)C1=C(CN2C3COCC2C(F)(F)[C@H](CC(=O)O)C3)NC(c2nccs2)=N[C@H]1c1ccc(F)cc1Cl. The first kappa shape index (κ1) is 27.6. The Labute approximate surface area is 230 Å². The minimum atomic E-state index is -3.36. The van der Waals surface area contributed by atoms with E-state index in [1.807, 2.05) is 0 Å². The largest absolute Gasteiger partial charge is 0.481 e. The summed E-state index contributed by atoms with van der Waals surface area (Å²) < 4.78 is 55.5. The second-order valence-electron chi connectivity index (χ2n) is 9.48. The molecule has 39 heavy (non-hydrogen) atoms. The van der Waals surface area contributed by atoms with Gasteiger partial charge in [0.1, 0.15) is 11.9 Å². The Bertz CT molecular complexity index is 1340. The van der Waals surface area contributed by atoms with E-state index in [0.29, 0.717) is 10.6 Å². The molecule has 9 nitrogen and oxygen atoms in total. The van der Waals surface area contributed by atoms with E-state index in [4.69, 9.17) is 21.1 Å². The molecule has 4 heterocycles. The summed E-state index contributed by atoms with van der Waals surface area (Å²) in [6.07, 6.45) is 0.810. The first-order chi connectivity index (χ1) is 18.6. The maximum Gasteiger partial charge on any atom is 0.338 e. The van der Waals surface area contributed by atoms with Gasteiger partial charge in [0.2, 0.25) is 0 Å². The van der Waals surface area contributed by atoms with Gasteiger partial charge in [0, 0.05) is 46.4 Å². The highest BCUT2D eigenvalue weighted by molar-refractivity contribution is 7.11. The number of rotatable bonds is 7. The van der Waals surface area contributed by atoms with Crippen molar-refractivity contribution in [3.8, 4) is 0 Å². The second-order valence-corrected chi connectivity index (χ2v) is 10.8. The molecule has 208 valence electrons. The van der Waals surface area contributed by atoms with Crippen molar-refractivity contribution >= 4 is 40.7 Å². The fourth-order valence-corrected chi connectivity index (χ4v) is 6.23. The van der Waals surface area contributed by atoms with Crippen LogP contribution in [0, 0.1) is 11.7 Å². The van der Waals surface area contributed by atoms with Crippen molar-refractivity contribution in [2.45, 2.75) is 36.9 Å². The summed E-state index contributed by atoms with van der Waals surface area (Å²) in [7, 11) is 1.18. The molecular formula is C25H24ClF3N4O5S. The van der Waals surface area contributed by atoms with E-state index in [9.17, 15) is 19.1 Å². The fraction of sp³-hybridized carbons (Fsp3) is 0.440. The molecule has 1 aromatic heterocycles. The summed E-state index contributed by atoms with van der Waals surface area (Å²) in [6, 6.07) is 0.717. The van der Waals surface area contributed by atoms with Crippen molar-refractivity contribution in [3.63, 3.8) is 0 Å². The molecule has 0 radical (unpaired) electrons. The van der Waals surface area contributed by atoms with Crippen LogP contribution in [0.2, 0.25) is 5.02 Å². The lowest BCUT2D eigenvalue weighted by Gasteiger charge is -2.52. The predicted molar refractivity (Wildman–Crippen MR) is 135 cm³/mol. The number of esters is 1. The van der Waals surface area contributed by atoms with Crippen LogP contribution in [0.4, 0.5) is 13.2 Å². The number of thiazole rings is 1. The molecule has 3 aliphatic rings. The van der Waals surface area contributed by atoms with Crippen molar-refractivity contribution < 1.29 is 37.3 Å². The van der Waals surface area contributed by atoms with Gasteiger partial charge < -0.3 is 19.9 Å². The van der Waals surface area contributed by atoms with E-state index in [-0.39, 0.29) is 48.3 Å². The van der Waals surface area contributed by atoms with Crippen LogP contribution in [0.5, 0.6) is 0 Å². The lowest BCUT2D eigenvalue weighted by molar-refractivity contribution is -0.219. The molecule has 5 rings (SSSR count). The van der Waals surface area contributed by atoms with Crippen molar-refractivity contribution in [2.24, 2.45) is 10.9 Å². The van der Waals surface area contributed by atoms with Crippen LogP contribution in [-0.2, 0) is 19.1 Å². The Morgan fingerprint density at radius 2 is 2.15 bits per heavy atom. The molecule has 0 saturated carbocycles. The molecule has 14 heteroatoms. The average Bonchev–Trinajstić information content (AvgIpc) is 3.42. The van der Waals surface area contributed by atoms with Crippen LogP contribution in [0.3, 0.4) is 0 Å². The number of methoxy groups -OCH3 is 1. The zero-order valence-electron chi connectivity index (χ0n) is 20.6. The number of ether oxygens (including phenoxy) is 2. The van der Waals surface area contributed by atoms with Crippen molar-refractivity contribution in [1.82, 2.24) is 15.2 Å². The molecule has 2 aromatic rings. The number of amidine groups is 1. The number of aliphatic carboxylic acids is 1. The molecular weight excluding hydrogens is 561 g/mol.